The van der Waals surface area contributed by atoms with E-state index in [0.29, 0.717) is 16.3 Å². The molecule has 0 aliphatic carbocycles. The summed E-state index contributed by atoms with van der Waals surface area (Å²) in [5, 5.41) is 3.17. The third-order valence-electron chi connectivity index (χ3n) is 3.35. The number of primary amides is 1. The second kappa shape index (κ2) is 7.78. The lowest BCUT2D eigenvalue weighted by atomic mass is 10.2. The first-order valence-corrected chi connectivity index (χ1v) is 8.29. The number of carbonyl (C=O) groups is 2. The minimum atomic E-state index is -0.549. The predicted octanol–water partition coefficient (Wildman–Crippen LogP) is 2.99. The number of anilines is 1. The van der Waals surface area contributed by atoms with E-state index in [4.69, 9.17) is 10.5 Å². The molecule has 0 unspecified atom stereocenters. The minimum absolute atomic E-state index is 0.122. The van der Waals surface area contributed by atoms with Crippen LogP contribution in [0.2, 0.25) is 0 Å². The summed E-state index contributed by atoms with van der Waals surface area (Å²) in [6.45, 7) is 3.93. The molecule has 0 atom stereocenters. The zero-order valence-electron chi connectivity index (χ0n) is 13.2. The van der Waals surface area contributed by atoms with Crippen LogP contribution >= 0.6 is 11.3 Å². The third-order valence-corrected chi connectivity index (χ3v) is 4.55. The summed E-state index contributed by atoms with van der Waals surface area (Å²) in [5.41, 5.74) is 6.88. The van der Waals surface area contributed by atoms with E-state index in [-0.39, 0.29) is 12.5 Å². The molecule has 0 spiro atoms. The second-order valence-corrected chi connectivity index (χ2v) is 6.14. The highest BCUT2D eigenvalue weighted by Gasteiger charge is 2.15. The lowest BCUT2D eigenvalue weighted by Gasteiger charge is -2.07. The molecular weight excluding hydrogens is 312 g/mol. The van der Waals surface area contributed by atoms with Gasteiger partial charge in [-0.2, -0.15) is 0 Å². The summed E-state index contributed by atoms with van der Waals surface area (Å²) in [4.78, 5) is 24.4. The van der Waals surface area contributed by atoms with Gasteiger partial charge in [0.05, 0.1) is 5.56 Å². The number of hydrogen-bond donors (Lipinski definition) is 2. The van der Waals surface area contributed by atoms with Crippen LogP contribution in [0.1, 0.15) is 34.6 Å². The number of rotatable bonds is 7. The smallest absolute Gasteiger partial charge is 0.262 e. The van der Waals surface area contributed by atoms with E-state index in [1.54, 1.807) is 6.07 Å². The van der Waals surface area contributed by atoms with Crippen molar-refractivity contribution in [3.05, 3.63) is 46.3 Å². The molecule has 0 radical (unpaired) electrons. The summed E-state index contributed by atoms with van der Waals surface area (Å²) in [7, 11) is 0. The lowest BCUT2D eigenvalue weighted by molar-refractivity contribution is -0.118. The minimum Gasteiger partial charge on any atom is -0.484 e. The molecule has 3 N–H and O–H groups in total. The Balaban J connectivity index is 1.96. The molecule has 0 aliphatic rings. The lowest BCUT2D eigenvalue weighted by Crippen LogP contribution is -2.21. The van der Waals surface area contributed by atoms with Crippen molar-refractivity contribution in [1.82, 2.24) is 0 Å². The fourth-order valence-corrected chi connectivity index (χ4v) is 3.04. The number of aryl methyl sites for hydroxylation is 2. The van der Waals surface area contributed by atoms with Crippen LogP contribution in [0.15, 0.2) is 30.3 Å². The fourth-order valence-electron chi connectivity index (χ4n) is 2.03. The van der Waals surface area contributed by atoms with Crippen LogP contribution in [0.4, 0.5) is 5.00 Å². The maximum atomic E-state index is 12.0. The fraction of sp³-hybridized carbons (Fsp3) is 0.294. The first-order valence-electron chi connectivity index (χ1n) is 7.47. The zero-order chi connectivity index (χ0) is 16.8. The number of nitrogens with one attached hydrogen (secondary N) is 1. The molecule has 1 aromatic carbocycles. The van der Waals surface area contributed by atoms with E-state index in [1.807, 2.05) is 31.2 Å². The molecule has 0 fully saturated rings. The van der Waals surface area contributed by atoms with Gasteiger partial charge in [-0.25, -0.2) is 0 Å². The molecule has 6 heteroatoms. The van der Waals surface area contributed by atoms with E-state index in [9.17, 15) is 9.59 Å². The maximum absolute atomic E-state index is 12.0. The Bertz CT molecular complexity index is 692. The number of carbonyl (C=O) groups excluding carboxylic acids is 2. The first kappa shape index (κ1) is 17.0. The molecule has 2 rings (SSSR count). The van der Waals surface area contributed by atoms with E-state index in [2.05, 4.69) is 12.2 Å². The van der Waals surface area contributed by atoms with Gasteiger partial charge in [-0.15, -0.1) is 11.3 Å². The topological polar surface area (TPSA) is 81.4 Å². The van der Waals surface area contributed by atoms with Gasteiger partial charge in [-0.05, 0) is 36.6 Å². The number of nitrogens with two attached hydrogens (primary N) is 1. The molecule has 0 saturated carbocycles. The standard InChI is InChI=1S/C17H20N2O3S/c1-3-11-5-7-12(8-6-11)22-10-15(20)19-17-14(16(18)21)9-13(4-2)23-17/h5-9H,3-4,10H2,1-2H3,(H2,18,21)(H,19,20). The summed E-state index contributed by atoms with van der Waals surface area (Å²) in [6, 6.07) is 9.31. The van der Waals surface area contributed by atoms with E-state index < -0.39 is 5.91 Å². The monoisotopic (exact) mass is 332 g/mol. The molecule has 23 heavy (non-hydrogen) atoms. The van der Waals surface area contributed by atoms with Gasteiger partial charge in [0.15, 0.2) is 6.61 Å². The quantitative estimate of drug-likeness (QED) is 0.818. The Morgan fingerprint density at radius 3 is 2.43 bits per heavy atom. The summed E-state index contributed by atoms with van der Waals surface area (Å²) in [6.07, 6.45) is 1.73. The van der Waals surface area contributed by atoms with Crippen molar-refractivity contribution in [2.75, 3.05) is 11.9 Å². The van der Waals surface area contributed by atoms with Crippen LogP contribution in [0.5, 0.6) is 5.75 Å². The number of ether oxygens (including phenoxy) is 1. The Morgan fingerprint density at radius 2 is 1.87 bits per heavy atom. The number of thiophene rings is 1. The molecule has 0 aliphatic heterocycles. The highest BCUT2D eigenvalue weighted by molar-refractivity contribution is 7.16. The van der Waals surface area contributed by atoms with Gasteiger partial charge in [0.25, 0.3) is 11.8 Å². The van der Waals surface area contributed by atoms with Crippen molar-refractivity contribution in [2.24, 2.45) is 5.73 Å². The SMILES string of the molecule is CCc1ccc(OCC(=O)Nc2sc(CC)cc2C(N)=O)cc1. The average Bonchev–Trinajstić information content (AvgIpc) is 2.96. The average molecular weight is 332 g/mol. The van der Waals surface area contributed by atoms with Crippen molar-refractivity contribution >= 4 is 28.2 Å². The van der Waals surface area contributed by atoms with Crippen molar-refractivity contribution in [3.8, 4) is 5.75 Å². The summed E-state index contributed by atoms with van der Waals surface area (Å²) in [5.74, 6) is -0.239. The normalized spacial score (nSPS) is 10.3. The Kier molecular flexibility index (Phi) is 5.76. The molecular formula is C17H20N2O3S. The second-order valence-electron chi connectivity index (χ2n) is 5.01. The van der Waals surface area contributed by atoms with Crippen LogP contribution in [-0.4, -0.2) is 18.4 Å². The Labute approximate surface area is 139 Å². The largest absolute Gasteiger partial charge is 0.484 e. The summed E-state index contributed by atoms with van der Waals surface area (Å²) < 4.78 is 5.45. The van der Waals surface area contributed by atoms with Crippen molar-refractivity contribution in [1.29, 1.82) is 0 Å². The Morgan fingerprint density at radius 1 is 1.17 bits per heavy atom. The van der Waals surface area contributed by atoms with Crippen LogP contribution in [0.3, 0.4) is 0 Å². The van der Waals surface area contributed by atoms with Gasteiger partial charge in [-0.3, -0.25) is 9.59 Å². The molecule has 2 amide bonds. The van der Waals surface area contributed by atoms with Crippen molar-refractivity contribution in [3.63, 3.8) is 0 Å². The van der Waals surface area contributed by atoms with Gasteiger partial charge < -0.3 is 15.8 Å². The number of hydrogen-bond acceptors (Lipinski definition) is 4. The maximum Gasteiger partial charge on any atom is 0.262 e. The van der Waals surface area contributed by atoms with Crippen molar-refractivity contribution < 1.29 is 14.3 Å². The van der Waals surface area contributed by atoms with Gasteiger partial charge in [0, 0.05) is 4.88 Å². The molecule has 2 aromatic rings. The number of benzene rings is 1. The highest BCUT2D eigenvalue weighted by atomic mass is 32.1. The third kappa shape index (κ3) is 4.56. The number of amides is 2. The summed E-state index contributed by atoms with van der Waals surface area (Å²) >= 11 is 1.35. The molecule has 5 nitrogen and oxygen atoms in total. The Hall–Kier alpha value is -2.34. The van der Waals surface area contributed by atoms with Crippen molar-refractivity contribution in [2.45, 2.75) is 26.7 Å². The molecule has 0 saturated heterocycles. The van der Waals surface area contributed by atoms with E-state index >= 15 is 0 Å². The van der Waals surface area contributed by atoms with Gasteiger partial charge in [0.2, 0.25) is 0 Å². The highest BCUT2D eigenvalue weighted by Crippen LogP contribution is 2.28. The van der Waals surface area contributed by atoms with Gasteiger partial charge in [-0.1, -0.05) is 26.0 Å². The van der Waals surface area contributed by atoms with E-state index in [0.717, 1.165) is 17.7 Å². The zero-order valence-corrected chi connectivity index (χ0v) is 14.0. The van der Waals surface area contributed by atoms with Crippen LogP contribution in [-0.2, 0) is 17.6 Å². The molecule has 0 bridgehead atoms. The first-order chi connectivity index (χ1) is 11.0. The predicted molar refractivity (Wildman–Crippen MR) is 92.2 cm³/mol. The van der Waals surface area contributed by atoms with Crippen LogP contribution < -0.4 is 15.8 Å². The molecule has 1 aromatic heterocycles. The van der Waals surface area contributed by atoms with Gasteiger partial charge >= 0.3 is 0 Å². The molecule has 1 heterocycles. The van der Waals surface area contributed by atoms with E-state index in [1.165, 1.54) is 16.9 Å². The molecule has 122 valence electrons. The van der Waals surface area contributed by atoms with Crippen LogP contribution in [0, 0.1) is 0 Å². The van der Waals surface area contributed by atoms with Gasteiger partial charge in [0.1, 0.15) is 10.8 Å². The van der Waals surface area contributed by atoms with Crippen LogP contribution in [0.25, 0.3) is 0 Å².